The normalized spacial score (nSPS) is 11.5. The van der Waals surface area contributed by atoms with E-state index >= 15 is 0 Å². The lowest BCUT2D eigenvalue weighted by atomic mass is 10.1. The van der Waals surface area contributed by atoms with E-state index in [1.807, 2.05) is 48.5 Å². The van der Waals surface area contributed by atoms with Crippen LogP contribution >= 0.6 is 15.9 Å². The van der Waals surface area contributed by atoms with Gasteiger partial charge in [-0.15, -0.1) is 0 Å². The Morgan fingerprint density at radius 2 is 1.80 bits per heavy atom. The average Bonchev–Trinajstić information content (AvgIpc) is 2.62. The van der Waals surface area contributed by atoms with Gasteiger partial charge >= 0.3 is 0 Å². The van der Waals surface area contributed by atoms with Crippen molar-refractivity contribution in [3.8, 4) is 5.75 Å². The molecule has 0 saturated heterocycles. The molecule has 0 fully saturated rings. The van der Waals surface area contributed by atoms with Crippen molar-refractivity contribution in [1.29, 1.82) is 5.41 Å². The summed E-state index contributed by atoms with van der Waals surface area (Å²) >= 11 is 3.50. The first-order chi connectivity index (χ1) is 12.1. The molecule has 2 N–H and O–H groups in total. The predicted octanol–water partition coefficient (Wildman–Crippen LogP) is 4.65. The van der Waals surface area contributed by atoms with Gasteiger partial charge in [0, 0.05) is 6.54 Å². The summed E-state index contributed by atoms with van der Waals surface area (Å²) in [6.07, 6.45) is 0.843. The third kappa shape index (κ3) is 6.27. The van der Waals surface area contributed by atoms with Gasteiger partial charge in [0.25, 0.3) is 0 Å². The Morgan fingerprint density at radius 3 is 2.48 bits per heavy atom. The Balaban J connectivity index is 1.93. The Morgan fingerprint density at radius 1 is 1.08 bits per heavy atom. The summed E-state index contributed by atoms with van der Waals surface area (Å²) in [4.78, 5) is 0. The summed E-state index contributed by atoms with van der Waals surface area (Å²) in [7, 11) is 1.67. The standard InChI is InChI=1S/C20H23BrN2O2/c1-15(22)19(25-14-17-7-4-3-5-8-17)20(21)23-12-11-16-9-6-10-18(13-16)24-2/h3-10,13,22-23H,11-12,14H2,1-2H3/b20-19+,22-15?. The molecule has 0 aromatic heterocycles. The summed E-state index contributed by atoms with van der Waals surface area (Å²) in [5, 5.41) is 11.2. The second-order valence-corrected chi connectivity index (χ2v) is 6.36. The topological polar surface area (TPSA) is 54.3 Å². The minimum atomic E-state index is 0.372. The zero-order valence-electron chi connectivity index (χ0n) is 14.5. The molecule has 2 rings (SSSR count). The molecule has 0 saturated carbocycles. The number of methoxy groups -OCH3 is 1. The van der Waals surface area contributed by atoms with Crippen molar-refractivity contribution in [2.75, 3.05) is 13.7 Å². The van der Waals surface area contributed by atoms with E-state index in [0.29, 0.717) is 22.7 Å². The Labute approximate surface area is 157 Å². The molecule has 4 nitrogen and oxygen atoms in total. The summed E-state index contributed by atoms with van der Waals surface area (Å²) in [6, 6.07) is 17.9. The smallest absolute Gasteiger partial charge is 0.170 e. The van der Waals surface area contributed by atoms with Crippen molar-refractivity contribution < 1.29 is 9.47 Å². The molecule has 2 aromatic rings. The summed E-state index contributed by atoms with van der Waals surface area (Å²) in [5.41, 5.74) is 2.63. The molecule has 0 aliphatic carbocycles. The second-order valence-electron chi connectivity index (χ2n) is 5.57. The van der Waals surface area contributed by atoms with E-state index in [2.05, 4.69) is 27.3 Å². The molecule has 0 spiro atoms. The minimum absolute atomic E-state index is 0.372. The van der Waals surface area contributed by atoms with Crippen molar-refractivity contribution in [3.63, 3.8) is 0 Å². The third-order valence-corrected chi connectivity index (χ3v) is 4.23. The molecule has 5 heteroatoms. The monoisotopic (exact) mass is 402 g/mol. The number of allylic oxidation sites excluding steroid dienone is 1. The van der Waals surface area contributed by atoms with Crippen molar-refractivity contribution in [2.45, 2.75) is 20.0 Å². The van der Waals surface area contributed by atoms with Crippen LogP contribution in [0.4, 0.5) is 0 Å². The number of rotatable bonds is 9. The first-order valence-corrected chi connectivity index (χ1v) is 8.88. The van der Waals surface area contributed by atoms with Crippen molar-refractivity contribution >= 4 is 21.6 Å². The molecular formula is C20H23BrN2O2. The summed E-state index contributed by atoms with van der Waals surface area (Å²) < 4.78 is 11.7. The SMILES string of the molecule is COc1cccc(CCN/C(Br)=C(/OCc2ccccc2)C(C)=N)c1. The first kappa shape index (κ1) is 19.1. The Kier molecular flexibility index (Phi) is 7.54. The van der Waals surface area contributed by atoms with E-state index < -0.39 is 0 Å². The van der Waals surface area contributed by atoms with Crippen molar-refractivity contribution in [2.24, 2.45) is 0 Å². The fourth-order valence-corrected chi connectivity index (χ4v) is 2.90. The van der Waals surface area contributed by atoms with E-state index in [4.69, 9.17) is 14.9 Å². The fourth-order valence-electron chi connectivity index (χ4n) is 2.29. The van der Waals surface area contributed by atoms with E-state index in [-0.39, 0.29) is 0 Å². The quantitative estimate of drug-likeness (QED) is 0.364. The number of ether oxygens (including phenoxy) is 2. The molecule has 2 aromatic carbocycles. The predicted molar refractivity (Wildman–Crippen MR) is 105 cm³/mol. The van der Waals surface area contributed by atoms with Gasteiger partial charge in [0.15, 0.2) is 5.76 Å². The summed E-state index contributed by atoms with van der Waals surface area (Å²) in [6.45, 7) is 2.86. The van der Waals surface area contributed by atoms with Gasteiger partial charge in [0.1, 0.15) is 17.0 Å². The number of nitrogens with one attached hydrogen (secondary N) is 2. The Hall–Kier alpha value is -2.27. The molecule has 0 bridgehead atoms. The molecule has 132 valence electrons. The molecular weight excluding hydrogens is 380 g/mol. The average molecular weight is 403 g/mol. The second kappa shape index (κ2) is 9.89. The van der Waals surface area contributed by atoms with E-state index in [1.54, 1.807) is 14.0 Å². The first-order valence-electron chi connectivity index (χ1n) is 8.09. The van der Waals surface area contributed by atoms with Crippen LogP contribution in [0.5, 0.6) is 5.75 Å². The molecule has 0 aliphatic rings. The lowest BCUT2D eigenvalue weighted by Crippen LogP contribution is -2.18. The van der Waals surface area contributed by atoms with Gasteiger partial charge in [-0.25, -0.2) is 0 Å². The van der Waals surface area contributed by atoms with Gasteiger partial charge in [-0.3, -0.25) is 0 Å². The molecule has 0 radical (unpaired) electrons. The van der Waals surface area contributed by atoms with Crippen LogP contribution in [0.2, 0.25) is 0 Å². The van der Waals surface area contributed by atoms with Gasteiger partial charge in [-0.2, -0.15) is 0 Å². The molecule has 25 heavy (non-hydrogen) atoms. The lowest BCUT2D eigenvalue weighted by Gasteiger charge is -2.14. The van der Waals surface area contributed by atoms with Gasteiger partial charge in [-0.05, 0) is 52.5 Å². The zero-order chi connectivity index (χ0) is 18.1. The summed E-state index contributed by atoms with van der Waals surface area (Å²) in [5.74, 6) is 1.38. The highest BCUT2D eigenvalue weighted by Gasteiger charge is 2.09. The molecule has 0 unspecified atom stereocenters. The molecule has 0 aliphatic heterocycles. The Bertz CT molecular complexity index is 729. The molecule has 0 heterocycles. The largest absolute Gasteiger partial charge is 0.497 e. The number of benzene rings is 2. The van der Waals surface area contributed by atoms with E-state index in [1.165, 1.54) is 5.56 Å². The van der Waals surface area contributed by atoms with Crippen LogP contribution in [-0.4, -0.2) is 19.4 Å². The van der Waals surface area contributed by atoms with Crippen LogP contribution < -0.4 is 10.1 Å². The number of hydrogen-bond acceptors (Lipinski definition) is 4. The minimum Gasteiger partial charge on any atom is -0.497 e. The van der Waals surface area contributed by atoms with Gasteiger partial charge in [-0.1, -0.05) is 42.5 Å². The van der Waals surface area contributed by atoms with E-state index in [0.717, 1.165) is 24.3 Å². The highest BCUT2D eigenvalue weighted by molar-refractivity contribution is 9.11. The van der Waals surface area contributed by atoms with E-state index in [9.17, 15) is 0 Å². The van der Waals surface area contributed by atoms with Gasteiger partial charge in [0.05, 0.1) is 12.8 Å². The highest BCUT2D eigenvalue weighted by atomic mass is 79.9. The highest BCUT2D eigenvalue weighted by Crippen LogP contribution is 2.16. The van der Waals surface area contributed by atoms with Crippen molar-refractivity contribution in [3.05, 3.63) is 76.1 Å². The van der Waals surface area contributed by atoms with Crippen LogP contribution in [0.1, 0.15) is 18.1 Å². The van der Waals surface area contributed by atoms with Crippen LogP contribution in [0.25, 0.3) is 0 Å². The maximum Gasteiger partial charge on any atom is 0.170 e. The maximum absolute atomic E-state index is 7.93. The van der Waals surface area contributed by atoms with Crippen LogP contribution in [0.15, 0.2) is 65.0 Å². The molecule has 0 atom stereocenters. The fraction of sp³-hybridized carbons (Fsp3) is 0.250. The van der Waals surface area contributed by atoms with Crippen LogP contribution in [0.3, 0.4) is 0 Å². The lowest BCUT2D eigenvalue weighted by molar-refractivity contribution is 0.214. The maximum atomic E-state index is 7.93. The zero-order valence-corrected chi connectivity index (χ0v) is 16.1. The number of hydrogen-bond donors (Lipinski definition) is 2. The van der Waals surface area contributed by atoms with Crippen LogP contribution in [0, 0.1) is 5.41 Å². The van der Waals surface area contributed by atoms with Gasteiger partial charge < -0.3 is 20.2 Å². The number of halogens is 1. The molecule has 0 amide bonds. The van der Waals surface area contributed by atoms with Gasteiger partial charge in [0.2, 0.25) is 0 Å². The van der Waals surface area contributed by atoms with Crippen LogP contribution in [-0.2, 0) is 17.8 Å². The third-order valence-electron chi connectivity index (χ3n) is 3.59. The van der Waals surface area contributed by atoms with Crippen molar-refractivity contribution in [1.82, 2.24) is 5.32 Å².